The van der Waals surface area contributed by atoms with E-state index in [-0.39, 0.29) is 17.0 Å². The summed E-state index contributed by atoms with van der Waals surface area (Å²) in [4.78, 5) is 25.2. The standard InChI is InChI=1S/C10H14N5O8P/c11-8-5-9(13-3-15(8)18)14(2-12-5)10-7(17)6(16)4(23-10)1-22-24(19,20)21/h2-4,6-7,10,16-17H,1,11H2,(H2,19,20,21)/t4?,6-,7-,10-/m1/s1. The van der Waals surface area contributed by atoms with Crippen molar-refractivity contribution in [3.05, 3.63) is 17.9 Å². The highest BCUT2D eigenvalue weighted by atomic mass is 31.2. The van der Waals surface area contributed by atoms with Crippen LogP contribution in [0.1, 0.15) is 6.23 Å². The summed E-state index contributed by atoms with van der Waals surface area (Å²) in [6, 6.07) is 0. The lowest BCUT2D eigenvalue weighted by atomic mass is 10.1. The number of ether oxygens (including phenoxy) is 1. The van der Waals surface area contributed by atoms with Crippen LogP contribution in [0.3, 0.4) is 0 Å². The molecule has 24 heavy (non-hydrogen) atoms. The van der Waals surface area contributed by atoms with Crippen molar-refractivity contribution in [3.63, 3.8) is 0 Å². The molecule has 1 unspecified atom stereocenters. The number of aliphatic hydroxyl groups is 2. The molecule has 0 saturated carbocycles. The molecule has 0 aliphatic carbocycles. The first-order chi connectivity index (χ1) is 11.2. The van der Waals surface area contributed by atoms with E-state index < -0.39 is 39.0 Å². The van der Waals surface area contributed by atoms with Crippen LogP contribution in [0.4, 0.5) is 5.82 Å². The third kappa shape index (κ3) is 2.93. The van der Waals surface area contributed by atoms with E-state index in [1.165, 1.54) is 10.9 Å². The maximum absolute atomic E-state index is 11.4. The molecule has 132 valence electrons. The summed E-state index contributed by atoms with van der Waals surface area (Å²) in [5, 5.41) is 31.4. The van der Waals surface area contributed by atoms with Crippen molar-refractivity contribution >= 4 is 24.8 Å². The number of nitrogens with two attached hydrogens (primary N) is 1. The highest BCUT2D eigenvalue weighted by Crippen LogP contribution is 2.38. The van der Waals surface area contributed by atoms with Gasteiger partial charge in [0.15, 0.2) is 11.7 Å². The number of fused-ring (bicyclic) bond motifs is 1. The summed E-state index contributed by atoms with van der Waals surface area (Å²) in [6.07, 6.45) is -3.16. The number of hydrogen-bond acceptors (Lipinski definition) is 9. The van der Waals surface area contributed by atoms with Crippen LogP contribution in [0.2, 0.25) is 0 Å². The van der Waals surface area contributed by atoms with Crippen LogP contribution in [-0.4, -0.2) is 59.5 Å². The molecule has 1 fully saturated rings. The lowest BCUT2D eigenvalue weighted by Crippen LogP contribution is -2.33. The van der Waals surface area contributed by atoms with Crippen molar-refractivity contribution in [2.45, 2.75) is 24.5 Å². The van der Waals surface area contributed by atoms with Gasteiger partial charge >= 0.3 is 7.82 Å². The Kier molecular flexibility index (Phi) is 4.17. The molecular formula is C10H14N5O8P. The molecule has 6 N–H and O–H groups in total. The van der Waals surface area contributed by atoms with E-state index in [9.17, 15) is 20.0 Å². The molecule has 0 spiro atoms. The largest absolute Gasteiger partial charge is 0.740 e. The van der Waals surface area contributed by atoms with Gasteiger partial charge in [0.2, 0.25) is 12.0 Å². The van der Waals surface area contributed by atoms with Gasteiger partial charge in [-0.25, -0.2) is 14.3 Å². The van der Waals surface area contributed by atoms with Crippen molar-refractivity contribution < 1.29 is 38.6 Å². The van der Waals surface area contributed by atoms with Gasteiger partial charge in [0.25, 0.3) is 5.82 Å². The molecule has 0 amide bonds. The number of nitrogen functional groups attached to an aromatic ring is 1. The van der Waals surface area contributed by atoms with E-state index in [1.54, 1.807) is 0 Å². The minimum Gasteiger partial charge on any atom is -0.740 e. The third-order valence-corrected chi connectivity index (χ3v) is 4.04. The predicted octanol–water partition coefficient (Wildman–Crippen LogP) is -2.62. The molecule has 13 nitrogen and oxygen atoms in total. The van der Waals surface area contributed by atoms with Crippen molar-refractivity contribution in [3.8, 4) is 0 Å². The normalized spacial score (nSPS) is 27.8. The highest BCUT2D eigenvalue weighted by molar-refractivity contribution is 7.46. The predicted molar refractivity (Wildman–Crippen MR) is 74.8 cm³/mol. The first-order valence-electron chi connectivity index (χ1n) is 6.61. The van der Waals surface area contributed by atoms with Crippen molar-refractivity contribution in [1.82, 2.24) is 14.5 Å². The quantitative estimate of drug-likeness (QED) is 0.216. The number of hydrogen-bond donors (Lipinski definition) is 5. The number of aliphatic hydroxyl groups excluding tert-OH is 2. The zero-order valence-electron chi connectivity index (χ0n) is 11.9. The maximum atomic E-state index is 11.4. The Bertz CT molecular complexity index is 808. The van der Waals surface area contributed by atoms with Gasteiger partial charge in [-0.05, 0) is 0 Å². The molecule has 0 aromatic carbocycles. The van der Waals surface area contributed by atoms with Gasteiger partial charge in [0, 0.05) is 0 Å². The van der Waals surface area contributed by atoms with E-state index in [2.05, 4.69) is 14.5 Å². The summed E-state index contributed by atoms with van der Waals surface area (Å²) < 4.78 is 22.0. The summed E-state index contributed by atoms with van der Waals surface area (Å²) in [5.74, 6) is -0.201. The van der Waals surface area contributed by atoms with Gasteiger partial charge in [-0.2, -0.15) is 0 Å². The Morgan fingerprint density at radius 3 is 2.79 bits per heavy atom. The zero-order chi connectivity index (χ0) is 17.6. The summed E-state index contributed by atoms with van der Waals surface area (Å²) in [6.45, 7) is -0.637. The second kappa shape index (κ2) is 5.89. The molecular weight excluding hydrogens is 349 g/mol. The van der Waals surface area contributed by atoms with Crippen LogP contribution in [0.15, 0.2) is 12.7 Å². The summed E-state index contributed by atoms with van der Waals surface area (Å²) >= 11 is 0. The Balaban J connectivity index is 1.88. The summed E-state index contributed by atoms with van der Waals surface area (Å²) in [7, 11) is -4.75. The number of rotatable bonds is 4. The first kappa shape index (κ1) is 17.0. The van der Waals surface area contributed by atoms with Gasteiger partial charge in [-0.15, -0.1) is 0 Å². The average Bonchev–Trinajstić information content (AvgIpc) is 3.04. The molecule has 1 aliphatic rings. The fourth-order valence-electron chi connectivity index (χ4n) is 2.39. The van der Waals surface area contributed by atoms with Crippen LogP contribution in [-0.2, 0) is 13.8 Å². The minimum atomic E-state index is -4.75. The van der Waals surface area contributed by atoms with Gasteiger partial charge in [-0.1, -0.05) is 4.98 Å². The molecule has 0 radical (unpaired) electrons. The molecule has 14 heteroatoms. The van der Waals surface area contributed by atoms with Crippen LogP contribution < -0.4 is 10.5 Å². The number of phosphoric acid groups is 1. The molecule has 1 saturated heterocycles. The van der Waals surface area contributed by atoms with E-state index >= 15 is 0 Å². The Morgan fingerprint density at radius 1 is 1.42 bits per heavy atom. The second-order valence-corrected chi connectivity index (χ2v) is 6.35. The highest BCUT2D eigenvalue weighted by Gasteiger charge is 2.45. The van der Waals surface area contributed by atoms with Crippen molar-refractivity contribution in [2.24, 2.45) is 0 Å². The maximum Gasteiger partial charge on any atom is 0.469 e. The van der Waals surface area contributed by atoms with Gasteiger partial charge in [0.1, 0.15) is 24.6 Å². The number of nitrogens with zero attached hydrogens (tertiary/aromatic N) is 4. The zero-order valence-corrected chi connectivity index (χ0v) is 12.8. The van der Waals surface area contributed by atoms with Gasteiger partial charge in [0.05, 0.1) is 6.61 Å². The Hall–Kier alpha value is -1.86. The number of imidazole rings is 1. The lowest BCUT2D eigenvalue weighted by Gasteiger charge is -2.15. The topological polar surface area (TPSA) is 200 Å². The molecule has 4 atom stereocenters. The lowest BCUT2D eigenvalue weighted by molar-refractivity contribution is -0.592. The second-order valence-electron chi connectivity index (χ2n) is 5.11. The minimum absolute atomic E-state index is 0.0766. The average molecular weight is 363 g/mol. The van der Waals surface area contributed by atoms with E-state index in [1.807, 2.05) is 0 Å². The number of aromatic nitrogens is 4. The Morgan fingerprint density at radius 2 is 2.12 bits per heavy atom. The number of anilines is 1. The van der Waals surface area contributed by atoms with Crippen molar-refractivity contribution in [1.29, 1.82) is 0 Å². The molecule has 0 bridgehead atoms. The van der Waals surface area contributed by atoms with Gasteiger partial charge < -0.3 is 35.7 Å². The van der Waals surface area contributed by atoms with Crippen LogP contribution in [0.5, 0.6) is 0 Å². The Labute approximate surface area is 133 Å². The smallest absolute Gasteiger partial charge is 0.469 e. The monoisotopic (exact) mass is 363 g/mol. The van der Waals surface area contributed by atoms with Crippen LogP contribution in [0.25, 0.3) is 11.2 Å². The van der Waals surface area contributed by atoms with Crippen LogP contribution in [0, 0.1) is 5.21 Å². The van der Waals surface area contributed by atoms with Crippen LogP contribution >= 0.6 is 7.82 Å². The SMILES string of the molecule is Nc1c2ncn([C@@H]3OC(COP(=O)(O)O)[C@@H](O)[C@H]3O)c2nc[n+]1[O-]. The third-order valence-electron chi connectivity index (χ3n) is 3.55. The number of phosphoric ester groups is 1. The molecule has 1 aliphatic heterocycles. The fraction of sp³-hybridized carbons (Fsp3) is 0.500. The first-order valence-corrected chi connectivity index (χ1v) is 8.14. The molecule has 3 heterocycles. The van der Waals surface area contributed by atoms with Crippen molar-refractivity contribution in [2.75, 3.05) is 12.3 Å². The van der Waals surface area contributed by atoms with Gasteiger partial charge in [-0.3, -0.25) is 9.09 Å². The molecule has 2 aromatic heterocycles. The molecule has 2 aromatic rings. The van der Waals surface area contributed by atoms with E-state index in [0.717, 1.165) is 6.33 Å². The van der Waals surface area contributed by atoms with E-state index in [0.29, 0.717) is 4.73 Å². The van der Waals surface area contributed by atoms with E-state index in [4.69, 9.17) is 20.3 Å². The summed E-state index contributed by atoms with van der Waals surface area (Å²) in [5.41, 5.74) is 5.80. The fourth-order valence-corrected chi connectivity index (χ4v) is 2.73. The molecule has 3 rings (SSSR count).